The first-order valence-corrected chi connectivity index (χ1v) is 6.53. The Hall–Kier alpha value is -2.01. The number of halogens is 3. The van der Waals surface area contributed by atoms with Gasteiger partial charge in [-0.3, -0.25) is 0 Å². The minimum Gasteiger partial charge on any atom is -0.493 e. The van der Waals surface area contributed by atoms with Crippen LogP contribution in [0.1, 0.15) is 5.56 Å². The normalized spacial score (nSPS) is 10.3. The number of hydrogen-bond donors (Lipinski definition) is 1. The lowest BCUT2D eigenvalue weighted by Gasteiger charge is -2.14. The van der Waals surface area contributed by atoms with E-state index in [4.69, 9.17) is 21.1 Å². The van der Waals surface area contributed by atoms with Crippen LogP contribution in [-0.2, 0) is 6.54 Å². The van der Waals surface area contributed by atoms with Gasteiger partial charge in [0.05, 0.1) is 24.9 Å². The summed E-state index contributed by atoms with van der Waals surface area (Å²) in [6.45, 7) is 0.253. The number of ether oxygens (including phenoxy) is 2. The van der Waals surface area contributed by atoms with Gasteiger partial charge in [-0.15, -0.1) is 0 Å². The Labute approximate surface area is 126 Å². The summed E-state index contributed by atoms with van der Waals surface area (Å²) in [6, 6.07) is 7.19. The standard InChI is InChI=1S/C15H14ClF2NO2/c1-20-13-5-3-4-9(15(13)21-2)8-19-14-11(16)6-10(17)7-12(14)18/h3-7,19H,8H2,1-2H3. The molecule has 0 heterocycles. The van der Waals surface area contributed by atoms with E-state index in [1.807, 2.05) is 6.07 Å². The van der Waals surface area contributed by atoms with Crippen LogP contribution in [0.15, 0.2) is 30.3 Å². The van der Waals surface area contributed by atoms with Crippen LogP contribution >= 0.6 is 11.6 Å². The fraction of sp³-hybridized carbons (Fsp3) is 0.200. The van der Waals surface area contributed by atoms with Crippen LogP contribution in [0, 0.1) is 11.6 Å². The van der Waals surface area contributed by atoms with E-state index in [-0.39, 0.29) is 17.3 Å². The molecule has 112 valence electrons. The van der Waals surface area contributed by atoms with E-state index in [0.717, 1.165) is 17.7 Å². The van der Waals surface area contributed by atoms with Crippen molar-refractivity contribution in [2.24, 2.45) is 0 Å². The van der Waals surface area contributed by atoms with Crippen molar-refractivity contribution in [2.45, 2.75) is 6.54 Å². The molecule has 0 aliphatic rings. The Balaban J connectivity index is 2.25. The highest BCUT2D eigenvalue weighted by Crippen LogP contribution is 2.32. The molecule has 2 aromatic carbocycles. The van der Waals surface area contributed by atoms with Gasteiger partial charge in [-0.2, -0.15) is 0 Å². The fourth-order valence-corrected chi connectivity index (χ4v) is 2.25. The number of anilines is 1. The lowest BCUT2D eigenvalue weighted by atomic mass is 10.1. The number of nitrogens with one attached hydrogen (secondary N) is 1. The minimum absolute atomic E-state index is 0.0191. The van der Waals surface area contributed by atoms with Gasteiger partial charge in [-0.1, -0.05) is 23.7 Å². The first-order valence-electron chi connectivity index (χ1n) is 6.15. The lowest BCUT2D eigenvalue weighted by Crippen LogP contribution is -2.05. The fourth-order valence-electron chi connectivity index (χ4n) is 1.99. The maximum Gasteiger partial charge on any atom is 0.165 e. The van der Waals surface area contributed by atoms with Gasteiger partial charge >= 0.3 is 0 Å². The van der Waals surface area contributed by atoms with Crippen molar-refractivity contribution in [3.63, 3.8) is 0 Å². The zero-order valence-electron chi connectivity index (χ0n) is 11.5. The zero-order valence-corrected chi connectivity index (χ0v) is 12.3. The van der Waals surface area contributed by atoms with Crippen molar-refractivity contribution in [1.29, 1.82) is 0 Å². The topological polar surface area (TPSA) is 30.5 Å². The molecule has 2 aromatic rings. The quantitative estimate of drug-likeness (QED) is 0.895. The van der Waals surface area contributed by atoms with Crippen molar-refractivity contribution < 1.29 is 18.3 Å². The highest BCUT2D eigenvalue weighted by Gasteiger charge is 2.13. The molecule has 3 nitrogen and oxygen atoms in total. The third-order valence-corrected chi connectivity index (χ3v) is 3.25. The summed E-state index contributed by atoms with van der Waals surface area (Å²) in [6.07, 6.45) is 0. The van der Waals surface area contributed by atoms with E-state index >= 15 is 0 Å². The minimum atomic E-state index is -0.748. The molecule has 0 radical (unpaired) electrons. The molecular formula is C15H14ClF2NO2. The van der Waals surface area contributed by atoms with E-state index < -0.39 is 11.6 Å². The second kappa shape index (κ2) is 6.63. The highest BCUT2D eigenvalue weighted by atomic mass is 35.5. The maximum absolute atomic E-state index is 13.7. The molecule has 0 aliphatic carbocycles. The zero-order chi connectivity index (χ0) is 15.4. The Morgan fingerprint density at radius 2 is 1.90 bits per heavy atom. The first-order chi connectivity index (χ1) is 10.1. The Bertz CT molecular complexity index is 627. The van der Waals surface area contributed by atoms with Crippen molar-refractivity contribution in [2.75, 3.05) is 19.5 Å². The molecule has 0 saturated carbocycles. The SMILES string of the molecule is COc1cccc(CNc2c(F)cc(F)cc2Cl)c1OC. The van der Waals surface area contributed by atoms with Crippen LogP contribution < -0.4 is 14.8 Å². The van der Waals surface area contributed by atoms with Crippen LogP contribution in [0.5, 0.6) is 11.5 Å². The lowest BCUT2D eigenvalue weighted by molar-refractivity contribution is 0.352. The van der Waals surface area contributed by atoms with E-state index in [9.17, 15) is 8.78 Å². The van der Waals surface area contributed by atoms with Crippen LogP contribution in [0.4, 0.5) is 14.5 Å². The number of para-hydroxylation sites is 1. The van der Waals surface area contributed by atoms with Gasteiger partial charge < -0.3 is 14.8 Å². The summed E-state index contributed by atoms with van der Waals surface area (Å²) in [5, 5.41) is 2.82. The monoisotopic (exact) mass is 313 g/mol. The van der Waals surface area contributed by atoms with Crippen molar-refractivity contribution in [3.05, 3.63) is 52.6 Å². The maximum atomic E-state index is 13.7. The second-order valence-electron chi connectivity index (χ2n) is 4.25. The third-order valence-electron chi connectivity index (χ3n) is 2.95. The van der Waals surface area contributed by atoms with Gasteiger partial charge in [0.15, 0.2) is 17.3 Å². The van der Waals surface area contributed by atoms with Crippen molar-refractivity contribution in [1.82, 2.24) is 0 Å². The molecule has 0 amide bonds. The van der Waals surface area contributed by atoms with Crippen LogP contribution in [0.25, 0.3) is 0 Å². The average Bonchev–Trinajstić information content (AvgIpc) is 2.45. The number of rotatable bonds is 5. The highest BCUT2D eigenvalue weighted by molar-refractivity contribution is 6.33. The molecule has 0 atom stereocenters. The van der Waals surface area contributed by atoms with Crippen molar-refractivity contribution in [3.8, 4) is 11.5 Å². The smallest absolute Gasteiger partial charge is 0.165 e. The first kappa shape index (κ1) is 15.4. The summed E-state index contributed by atoms with van der Waals surface area (Å²) < 4.78 is 37.2. The largest absolute Gasteiger partial charge is 0.493 e. The molecule has 0 spiro atoms. The van der Waals surface area contributed by atoms with E-state index in [2.05, 4.69) is 5.32 Å². The molecule has 21 heavy (non-hydrogen) atoms. The third kappa shape index (κ3) is 3.36. The Morgan fingerprint density at radius 1 is 1.14 bits per heavy atom. The number of hydrogen-bond acceptors (Lipinski definition) is 3. The summed E-state index contributed by atoms with van der Waals surface area (Å²) in [5.41, 5.74) is 0.805. The number of benzene rings is 2. The summed E-state index contributed by atoms with van der Waals surface area (Å²) in [4.78, 5) is 0. The molecule has 6 heteroatoms. The van der Waals surface area contributed by atoms with Gasteiger partial charge in [0.25, 0.3) is 0 Å². The molecule has 0 unspecified atom stereocenters. The summed E-state index contributed by atoms with van der Waals surface area (Å²) >= 11 is 5.83. The molecule has 0 saturated heterocycles. The van der Waals surface area contributed by atoms with Gasteiger partial charge in [-0.05, 0) is 12.1 Å². The van der Waals surface area contributed by atoms with Crippen LogP contribution in [-0.4, -0.2) is 14.2 Å². The summed E-state index contributed by atoms with van der Waals surface area (Å²) in [5.74, 6) is -0.350. The van der Waals surface area contributed by atoms with E-state index in [0.29, 0.717) is 11.5 Å². The van der Waals surface area contributed by atoms with Gasteiger partial charge in [0, 0.05) is 18.2 Å². The van der Waals surface area contributed by atoms with Crippen LogP contribution in [0.3, 0.4) is 0 Å². The van der Waals surface area contributed by atoms with Gasteiger partial charge in [0.2, 0.25) is 0 Å². The molecule has 0 aliphatic heterocycles. The predicted molar refractivity (Wildman–Crippen MR) is 78.2 cm³/mol. The van der Waals surface area contributed by atoms with E-state index in [1.165, 1.54) is 14.2 Å². The van der Waals surface area contributed by atoms with Crippen LogP contribution in [0.2, 0.25) is 5.02 Å². The Kier molecular flexibility index (Phi) is 4.85. The molecular weight excluding hydrogens is 300 g/mol. The van der Waals surface area contributed by atoms with Crippen molar-refractivity contribution >= 4 is 17.3 Å². The van der Waals surface area contributed by atoms with Gasteiger partial charge in [0.1, 0.15) is 5.82 Å². The number of methoxy groups -OCH3 is 2. The molecule has 0 fully saturated rings. The molecule has 0 bridgehead atoms. The summed E-state index contributed by atoms with van der Waals surface area (Å²) in [7, 11) is 3.05. The molecule has 1 N–H and O–H groups in total. The van der Waals surface area contributed by atoms with Gasteiger partial charge in [-0.25, -0.2) is 8.78 Å². The molecule has 2 rings (SSSR count). The average molecular weight is 314 g/mol. The Morgan fingerprint density at radius 3 is 2.52 bits per heavy atom. The predicted octanol–water partition coefficient (Wildman–Crippen LogP) is 4.25. The second-order valence-corrected chi connectivity index (χ2v) is 4.66. The van der Waals surface area contributed by atoms with E-state index in [1.54, 1.807) is 12.1 Å². The molecule has 0 aromatic heterocycles.